The molecule has 1 heterocycles. The molecule has 1 saturated heterocycles. The molecule has 0 bridgehead atoms. The van der Waals surface area contributed by atoms with Crippen molar-refractivity contribution in [1.82, 2.24) is 10.2 Å². The van der Waals surface area contributed by atoms with E-state index in [0.717, 1.165) is 31.7 Å². The summed E-state index contributed by atoms with van der Waals surface area (Å²) >= 11 is 0. The molecule has 0 radical (unpaired) electrons. The molecule has 5 nitrogen and oxygen atoms in total. The number of hydrogen-bond acceptors (Lipinski definition) is 4. The van der Waals surface area contributed by atoms with Gasteiger partial charge in [0.25, 0.3) is 0 Å². The topological polar surface area (TPSA) is 58.6 Å². The molecule has 5 heteroatoms. The van der Waals surface area contributed by atoms with Crippen LogP contribution in [0.5, 0.6) is 0 Å². The van der Waals surface area contributed by atoms with E-state index in [1.54, 1.807) is 6.92 Å². The fourth-order valence-electron chi connectivity index (χ4n) is 2.12. The molecule has 1 fully saturated rings. The molecule has 0 aliphatic carbocycles. The summed E-state index contributed by atoms with van der Waals surface area (Å²) in [5.41, 5.74) is 1.00. The highest BCUT2D eigenvalue weighted by Crippen LogP contribution is 2.15. The molecular formula is C17H26N2O3. The second-order valence-corrected chi connectivity index (χ2v) is 5.14. The number of carbonyl (C=O) groups excluding carboxylic acids is 2. The Hall–Kier alpha value is -1.88. The van der Waals surface area contributed by atoms with Gasteiger partial charge >= 0.3 is 5.97 Å². The van der Waals surface area contributed by atoms with Gasteiger partial charge in [-0.2, -0.15) is 0 Å². The fourth-order valence-corrected chi connectivity index (χ4v) is 2.12. The van der Waals surface area contributed by atoms with E-state index >= 15 is 0 Å². The van der Waals surface area contributed by atoms with Crippen LogP contribution in [0.4, 0.5) is 0 Å². The minimum absolute atomic E-state index is 0.159. The molecule has 1 aromatic rings. The predicted octanol–water partition coefficient (Wildman–Crippen LogP) is 1.79. The summed E-state index contributed by atoms with van der Waals surface area (Å²) in [6, 6.07) is 9.64. The molecule has 2 rings (SSSR count). The van der Waals surface area contributed by atoms with E-state index in [2.05, 4.69) is 5.32 Å². The number of nitrogens with zero attached hydrogens (tertiary/aromatic N) is 1. The third-order valence-electron chi connectivity index (χ3n) is 3.50. The van der Waals surface area contributed by atoms with Crippen molar-refractivity contribution in [3.8, 4) is 0 Å². The zero-order valence-corrected chi connectivity index (χ0v) is 13.7. The molecule has 1 unspecified atom stereocenters. The number of ether oxygens (including phenoxy) is 1. The first kappa shape index (κ1) is 18.2. The zero-order chi connectivity index (χ0) is 16.4. The summed E-state index contributed by atoms with van der Waals surface area (Å²) in [4.78, 5) is 23.9. The maximum absolute atomic E-state index is 11.3. The van der Waals surface area contributed by atoms with Gasteiger partial charge in [0.1, 0.15) is 0 Å². The second kappa shape index (κ2) is 9.95. The van der Waals surface area contributed by atoms with Crippen molar-refractivity contribution in [1.29, 1.82) is 0 Å². The van der Waals surface area contributed by atoms with E-state index in [9.17, 15) is 9.59 Å². The Morgan fingerprint density at radius 2 is 1.82 bits per heavy atom. The molecular weight excluding hydrogens is 280 g/mol. The molecule has 0 saturated carbocycles. The van der Waals surface area contributed by atoms with Crippen molar-refractivity contribution >= 4 is 11.9 Å². The van der Waals surface area contributed by atoms with Crippen molar-refractivity contribution < 1.29 is 14.3 Å². The molecule has 1 aliphatic heterocycles. The van der Waals surface area contributed by atoms with Gasteiger partial charge in [-0.3, -0.25) is 9.59 Å². The third kappa shape index (κ3) is 6.26. The zero-order valence-electron chi connectivity index (χ0n) is 13.7. The molecule has 0 spiro atoms. The number of piperazine rings is 1. The smallest absolute Gasteiger partial charge is 0.313 e. The van der Waals surface area contributed by atoms with Gasteiger partial charge in [0.15, 0.2) is 0 Å². The van der Waals surface area contributed by atoms with Crippen molar-refractivity contribution in [3.63, 3.8) is 0 Å². The summed E-state index contributed by atoms with van der Waals surface area (Å²) in [6.07, 6.45) is 0. The highest BCUT2D eigenvalue weighted by molar-refractivity contribution is 5.77. The lowest BCUT2D eigenvalue weighted by Gasteiger charge is -2.25. The number of rotatable bonds is 3. The van der Waals surface area contributed by atoms with Crippen LogP contribution in [0.15, 0.2) is 30.3 Å². The minimum Gasteiger partial charge on any atom is -0.466 e. The van der Waals surface area contributed by atoms with Crippen LogP contribution in [0.2, 0.25) is 0 Å². The first-order chi connectivity index (χ1) is 10.6. The number of hydrogen-bond donors (Lipinski definition) is 1. The molecule has 0 aromatic heterocycles. The number of benzene rings is 1. The maximum Gasteiger partial charge on any atom is 0.313 e. The normalized spacial score (nSPS) is 15.3. The number of amides is 1. The monoisotopic (exact) mass is 306 g/mol. The van der Waals surface area contributed by atoms with Crippen LogP contribution >= 0.6 is 0 Å². The quantitative estimate of drug-likeness (QED) is 0.865. The highest BCUT2D eigenvalue weighted by atomic mass is 16.5. The van der Waals surface area contributed by atoms with Gasteiger partial charge in [0.2, 0.25) is 5.91 Å². The van der Waals surface area contributed by atoms with Crippen LogP contribution in [0, 0.1) is 0 Å². The van der Waals surface area contributed by atoms with Crippen LogP contribution < -0.4 is 5.32 Å². The summed E-state index contributed by atoms with van der Waals surface area (Å²) in [6.45, 7) is 9.36. The van der Waals surface area contributed by atoms with Crippen molar-refractivity contribution in [3.05, 3.63) is 35.9 Å². The van der Waals surface area contributed by atoms with Gasteiger partial charge in [0.05, 0.1) is 12.5 Å². The Bertz CT molecular complexity index is 456. The lowest BCUT2D eigenvalue weighted by atomic mass is 10.0. The van der Waals surface area contributed by atoms with Crippen molar-refractivity contribution in [2.45, 2.75) is 26.7 Å². The summed E-state index contributed by atoms with van der Waals surface area (Å²) < 4.78 is 4.92. The van der Waals surface area contributed by atoms with Crippen LogP contribution in [0.1, 0.15) is 32.3 Å². The largest absolute Gasteiger partial charge is 0.466 e. The van der Waals surface area contributed by atoms with Crippen LogP contribution in [-0.4, -0.2) is 49.6 Å². The third-order valence-corrected chi connectivity index (χ3v) is 3.50. The lowest BCUT2D eigenvalue weighted by Crippen LogP contribution is -2.45. The van der Waals surface area contributed by atoms with Crippen LogP contribution in [0.3, 0.4) is 0 Å². The van der Waals surface area contributed by atoms with Gasteiger partial charge in [-0.1, -0.05) is 30.3 Å². The first-order valence-electron chi connectivity index (χ1n) is 7.74. The molecule has 1 aromatic carbocycles. The number of esters is 1. The molecule has 122 valence electrons. The van der Waals surface area contributed by atoms with Gasteiger partial charge in [0, 0.05) is 33.1 Å². The average Bonchev–Trinajstić information content (AvgIpc) is 2.56. The van der Waals surface area contributed by atoms with Gasteiger partial charge < -0.3 is 15.0 Å². The van der Waals surface area contributed by atoms with Crippen LogP contribution in [-0.2, 0) is 14.3 Å². The standard InChI is InChI=1S/C11H14O2.C6H12N2O/c1-3-13-11(12)9(2)10-7-5-4-6-8-10;1-6(9)8-4-2-7-3-5-8/h4-9H,3H2,1-2H3;7H,2-5H2,1H3. The minimum atomic E-state index is -0.166. The second-order valence-electron chi connectivity index (χ2n) is 5.14. The van der Waals surface area contributed by atoms with E-state index in [1.807, 2.05) is 49.1 Å². The van der Waals surface area contributed by atoms with Crippen LogP contribution in [0.25, 0.3) is 0 Å². The summed E-state index contributed by atoms with van der Waals surface area (Å²) in [5, 5.41) is 3.18. The number of nitrogens with one attached hydrogen (secondary N) is 1. The Labute approximate surface area is 132 Å². The molecule has 1 atom stereocenters. The van der Waals surface area contributed by atoms with Gasteiger partial charge in [-0.05, 0) is 19.4 Å². The number of carbonyl (C=O) groups is 2. The average molecular weight is 306 g/mol. The van der Waals surface area contributed by atoms with E-state index in [0.29, 0.717) is 6.61 Å². The maximum atomic E-state index is 11.3. The Kier molecular flexibility index (Phi) is 8.22. The van der Waals surface area contributed by atoms with Gasteiger partial charge in [-0.25, -0.2) is 0 Å². The van der Waals surface area contributed by atoms with Crippen molar-refractivity contribution in [2.24, 2.45) is 0 Å². The molecule has 1 amide bonds. The molecule has 22 heavy (non-hydrogen) atoms. The van der Waals surface area contributed by atoms with E-state index in [4.69, 9.17) is 4.74 Å². The van der Waals surface area contributed by atoms with E-state index in [1.165, 1.54) is 0 Å². The highest BCUT2D eigenvalue weighted by Gasteiger charge is 2.15. The first-order valence-corrected chi connectivity index (χ1v) is 7.74. The van der Waals surface area contributed by atoms with E-state index in [-0.39, 0.29) is 17.8 Å². The van der Waals surface area contributed by atoms with E-state index < -0.39 is 0 Å². The Morgan fingerprint density at radius 1 is 1.23 bits per heavy atom. The summed E-state index contributed by atoms with van der Waals surface area (Å²) in [7, 11) is 0. The fraction of sp³-hybridized carbons (Fsp3) is 0.529. The SMILES string of the molecule is CC(=O)N1CCNCC1.CCOC(=O)C(C)c1ccccc1. The Morgan fingerprint density at radius 3 is 2.27 bits per heavy atom. The molecule has 1 aliphatic rings. The summed E-state index contributed by atoms with van der Waals surface area (Å²) in [5.74, 6) is -0.133. The lowest BCUT2D eigenvalue weighted by molar-refractivity contribution is -0.144. The van der Waals surface area contributed by atoms with Gasteiger partial charge in [-0.15, -0.1) is 0 Å². The Balaban J connectivity index is 0.000000235. The molecule has 1 N–H and O–H groups in total. The predicted molar refractivity (Wildman–Crippen MR) is 86.6 cm³/mol. The van der Waals surface area contributed by atoms with Crippen molar-refractivity contribution in [2.75, 3.05) is 32.8 Å².